The van der Waals surface area contributed by atoms with Gasteiger partial charge in [-0.05, 0) is 54.1 Å². The average molecular weight is 288 g/mol. The molecule has 0 spiro atoms. The lowest BCUT2D eigenvalue weighted by Crippen LogP contribution is -2.27. The highest BCUT2D eigenvalue weighted by molar-refractivity contribution is 7.07. The summed E-state index contributed by atoms with van der Waals surface area (Å²) in [6, 6.07) is 2.92. The first-order valence-electron chi connectivity index (χ1n) is 7.06. The van der Waals surface area contributed by atoms with Gasteiger partial charge in [0.2, 0.25) is 5.95 Å². The Hall–Kier alpha value is -1.46. The van der Waals surface area contributed by atoms with Crippen LogP contribution in [0, 0.1) is 0 Å². The summed E-state index contributed by atoms with van der Waals surface area (Å²) < 4.78 is 0. The molecule has 1 atom stereocenters. The molecule has 2 aromatic heterocycles. The molecule has 2 N–H and O–H groups in total. The molecule has 20 heavy (non-hydrogen) atoms. The van der Waals surface area contributed by atoms with Gasteiger partial charge in [-0.3, -0.25) is 0 Å². The van der Waals surface area contributed by atoms with E-state index < -0.39 is 0 Å². The van der Waals surface area contributed by atoms with Gasteiger partial charge < -0.3 is 10.6 Å². The van der Waals surface area contributed by atoms with E-state index in [1.54, 1.807) is 11.3 Å². The third-order valence-corrected chi connectivity index (χ3v) is 4.16. The van der Waals surface area contributed by atoms with E-state index in [2.05, 4.69) is 31.7 Å². The highest BCUT2D eigenvalue weighted by atomic mass is 32.1. The van der Waals surface area contributed by atoms with Gasteiger partial charge in [-0.2, -0.15) is 11.3 Å². The van der Waals surface area contributed by atoms with Crippen molar-refractivity contribution >= 4 is 17.3 Å². The fourth-order valence-electron chi connectivity index (χ4n) is 2.30. The minimum Gasteiger partial charge on any atom is -0.333 e. The Morgan fingerprint density at radius 1 is 1.35 bits per heavy atom. The van der Waals surface area contributed by atoms with Gasteiger partial charge in [0.05, 0.1) is 0 Å². The van der Waals surface area contributed by atoms with Crippen molar-refractivity contribution in [1.82, 2.24) is 9.97 Å². The molecule has 106 valence electrons. The minimum atomic E-state index is 0.148. The van der Waals surface area contributed by atoms with Gasteiger partial charge in [0.1, 0.15) is 0 Å². The van der Waals surface area contributed by atoms with Crippen LogP contribution >= 0.6 is 11.3 Å². The Bertz CT molecular complexity index is 532. The number of nitrogens with zero attached hydrogens (tertiary/aromatic N) is 3. The number of aromatic nitrogens is 2. The summed E-state index contributed by atoms with van der Waals surface area (Å²) in [6.07, 6.45) is 7.14. The predicted molar refractivity (Wildman–Crippen MR) is 82.9 cm³/mol. The Kier molecular flexibility index (Phi) is 3.98. The van der Waals surface area contributed by atoms with E-state index in [4.69, 9.17) is 5.73 Å². The average Bonchev–Trinajstić information content (AvgIpc) is 3.14. The van der Waals surface area contributed by atoms with E-state index in [1.165, 1.54) is 18.4 Å². The maximum Gasteiger partial charge on any atom is 0.225 e. The third-order valence-electron chi connectivity index (χ3n) is 3.43. The van der Waals surface area contributed by atoms with Crippen LogP contribution in [0.5, 0.6) is 0 Å². The standard InChI is InChI=1S/C15H20N4S/c1-11(16)6-13-7-17-15(18-8-13)19(14-2-3-14)9-12-4-5-20-10-12/h4-5,7-8,10-11,14H,2-3,6,9,16H2,1H3. The lowest BCUT2D eigenvalue weighted by Gasteiger charge is -2.22. The second-order valence-corrected chi connectivity index (χ2v) is 6.34. The second-order valence-electron chi connectivity index (χ2n) is 5.56. The molecule has 3 rings (SSSR count). The SMILES string of the molecule is CC(N)Cc1cnc(N(Cc2ccsc2)C2CC2)nc1. The van der Waals surface area contributed by atoms with Crippen molar-refractivity contribution in [3.05, 3.63) is 40.3 Å². The molecule has 0 amide bonds. The first-order chi connectivity index (χ1) is 9.72. The van der Waals surface area contributed by atoms with E-state index >= 15 is 0 Å². The first kappa shape index (κ1) is 13.5. The van der Waals surface area contributed by atoms with Crippen LogP contribution in [0.25, 0.3) is 0 Å². The van der Waals surface area contributed by atoms with E-state index in [9.17, 15) is 0 Å². The van der Waals surface area contributed by atoms with Crippen LogP contribution in [-0.2, 0) is 13.0 Å². The molecule has 1 saturated carbocycles. The number of hydrogen-bond acceptors (Lipinski definition) is 5. The van der Waals surface area contributed by atoms with Gasteiger partial charge in [0.15, 0.2) is 0 Å². The molecule has 1 aliphatic carbocycles. The van der Waals surface area contributed by atoms with Crippen LogP contribution in [0.1, 0.15) is 30.9 Å². The maximum atomic E-state index is 5.81. The monoisotopic (exact) mass is 288 g/mol. The summed E-state index contributed by atoms with van der Waals surface area (Å²) >= 11 is 1.74. The lowest BCUT2D eigenvalue weighted by atomic mass is 10.1. The van der Waals surface area contributed by atoms with E-state index in [0.717, 1.165) is 24.5 Å². The van der Waals surface area contributed by atoms with Crippen molar-refractivity contribution in [3.63, 3.8) is 0 Å². The van der Waals surface area contributed by atoms with Crippen molar-refractivity contribution < 1.29 is 0 Å². The zero-order valence-electron chi connectivity index (χ0n) is 11.7. The van der Waals surface area contributed by atoms with E-state index in [1.807, 2.05) is 19.3 Å². The second kappa shape index (κ2) is 5.89. The highest BCUT2D eigenvalue weighted by Gasteiger charge is 2.30. The number of hydrogen-bond donors (Lipinski definition) is 1. The molecular formula is C15H20N4S. The van der Waals surface area contributed by atoms with E-state index in [-0.39, 0.29) is 6.04 Å². The number of anilines is 1. The van der Waals surface area contributed by atoms with E-state index in [0.29, 0.717) is 6.04 Å². The quantitative estimate of drug-likeness (QED) is 0.887. The van der Waals surface area contributed by atoms with Crippen LogP contribution < -0.4 is 10.6 Å². The molecule has 0 aromatic carbocycles. The summed E-state index contributed by atoms with van der Waals surface area (Å²) in [5, 5.41) is 4.31. The normalized spacial score (nSPS) is 16.1. The molecule has 0 bridgehead atoms. The minimum absolute atomic E-state index is 0.148. The fraction of sp³-hybridized carbons (Fsp3) is 0.467. The maximum absolute atomic E-state index is 5.81. The highest BCUT2D eigenvalue weighted by Crippen LogP contribution is 2.31. The summed E-state index contributed by atoms with van der Waals surface area (Å²) in [5.41, 5.74) is 8.25. The molecular weight excluding hydrogens is 268 g/mol. The zero-order chi connectivity index (χ0) is 13.9. The van der Waals surface area contributed by atoms with Crippen LogP contribution in [0.3, 0.4) is 0 Å². The number of nitrogens with two attached hydrogens (primary N) is 1. The Labute approximate surface area is 123 Å². The largest absolute Gasteiger partial charge is 0.333 e. The van der Waals surface area contributed by atoms with Gasteiger partial charge in [0, 0.05) is 31.0 Å². The Balaban J connectivity index is 1.74. The van der Waals surface area contributed by atoms with Gasteiger partial charge in [0.25, 0.3) is 0 Å². The Morgan fingerprint density at radius 2 is 2.10 bits per heavy atom. The predicted octanol–water partition coefficient (Wildman–Crippen LogP) is 2.60. The molecule has 1 aliphatic rings. The van der Waals surface area contributed by atoms with Crippen molar-refractivity contribution in [1.29, 1.82) is 0 Å². The van der Waals surface area contributed by atoms with Crippen molar-refractivity contribution in [3.8, 4) is 0 Å². The summed E-state index contributed by atoms with van der Waals surface area (Å²) in [5.74, 6) is 0.840. The van der Waals surface area contributed by atoms with Gasteiger partial charge in [-0.15, -0.1) is 0 Å². The molecule has 4 nitrogen and oxygen atoms in total. The van der Waals surface area contributed by atoms with Crippen molar-refractivity contribution in [2.24, 2.45) is 5.73 Å². The van der Waals surface area contributed by atoms with Gasteiger partial charge in [-0.1, -0.05) is 0 Å². The first-order valence-corrected chi connectivity index (χ1v) is 8.01. The van der Waals surface area contributed by atoms with Crippen LogP contribution in [-0.4, -0.2) is 22.1 Å². The van der Waals surface area contributed by atoms with Crippen molar-refractivity contribution in [2.75, 3.05) is 4.90 Å². The van der Waals surface area contributed by atoms with Gasteiger partial charge in [-0.25, -0.2) is 9.97 Å². The van der Waals surface area contributed by atoms with Crippen LogP contribution in [0.2, 0.25) is 0 Å². The molecule has 1 fully saturated rings. The number of thiophene rings is 1. The number of rotatable bonds is 6. The molecule has 2 heterocycles. The topological polar surface area (TPSA) is 55.0 Å². The molecule has 2 aromatic rings. The molecule has 5 heteroatoms. The summed E-state index contributed by atoms with van der Waals surface area (Å²) in [7, 11) is 0. The summed E-state index contributed by atoms with van der Waals surface area (Å²) in [4.78, 5) is 11.4. The van der Waals surface area contributed by atoms with Crippen molar-refractivity contribution in [2.45, 2.75) is 44.8 Å². The van der Waals surface area contributed by atoms with Gasteiger partial charge >= 0.3 is 0 Å². The van der Waals surface area contributed by atoms with Crippen LogP contribution in [0.15, 0.2) is 29.2 Å². The smallest absolute Gasteiger partial charge is 0.225 e. The molecule has 0 aliphatic heterocycles. The lowest BCUT2D eigenvalue weighted by molar-refractivity contribution is 0.723. The molecule has 0 radical (unpaired) electrons. The zero-order valence-corrected chi connectivity index (χ0v) is 12.5. The summed E-state index contributed by atoms with van der Waals surface area (Å²) in [6.45, 7) is 2.90. The van der Waals surface area contributed by atoms with Crippen LogP contribution in [0.4, 0.5) is 5.95 Å². The molecule has 0 saturated heterocycles. The molecule has 1 unspecified atom stereocenters. The third kappa shape index (κ3) is 3.35. The fourth-order valence-corrected chi connectivity index (χ4v) is 2.96. The Morgan fingerprint density at radius 3 is 2.65 bits per heavy atom.